The molecule has 424 valence electrons. The Kier molecular flexibility index (Phi) is 23.7. The van der Waals surface area contributed by atoms with Gasteiger partial charge in [0.25, 0.3) is 11.1 Å². The molecule has 0 aliphatic carbocycles. The Labute approximate surface area is 439 Å². The number of aliphatic hydroxyl groups excluding tert-OH is 2. The molecule has 0 bridgehead atoms. The van der Waals surface area contributed by atoms with Crippen molar-refractivity contribution in [3.05, 3.63) is 85.9 Å². The predicted octanol–water partition coefficient (Wildman–Crippen LogP) is 2.06. The second kappa shape index (κ2) is 29.5. The standard InChI is InChI=1S/C17H22N5O12P3.C14H23N5O3.C11H17N5O2.H2/c18-17-20-15-14(16(23)21-17)19-11-22(15)7-6-13(9-30-8-12-4-2-1-3-5-12)10-31-37(33-25,34-32-24,35(26)27)36(28)29;1-2-3-6-22-8-10(7-20)4-5-19-9-16-11-12(19)17-14(15)18-13(11)21;1-2-7(5-17)3-4-16-6-13-8-9(16)14-11(12)15-10(8)18;/h1-5,11,13,24-25H,6-10H2,(H3,18,20,21,23);9-10,20H,2-8H2,1H3,(H3,15,17,18,21);6-7,17H,2-5H2,1H3,(H3,12,14,15,18);1H/t13-;10-;7-;/m101./s1. The van der Waals surface area contributed by atoms with Crippen molar-refractivity contribution < 1.29 is 69.5 Å². The zero-order chi connectivity index (χ0) is 56.1. The van der Waals surface area contributed by atoms with Crippen LogP contribution in [0.1, 0.15) is 59.4 Å². The first-order valence-corrected chi connectivity index (χ1v) is 29.6. The van der Waals surface area contributed by atoms with Crippen LogP contribution >= 0.6 is 22.1 Å². The Morgan fingerprint density at radius 2 is 1.12 bits per heavy atom. The molecule has 6 heterocycles. The quantitative estimate of drug-likeness (QED) is 0.0139. The number of nitrogens with two attached hydrogens (primary N) is 3. The normalized spacial score (nSPS) is 13.8. The molecule has 77 heavy (non-hydrogen) atoms. The van der Waals surface area contributed by atoms with E-state index < -0.39 is 40.2 Å². The molecule has 0 aliphatic rings. The first-order valence-electron chi connectivity index (χ1n) is 23.8. The molecule has 2 unspecified atom stereocenters. The van der Waals surface area contributed by atoms with E-state index in [4.69, 9.17) is 41.6 Å². The summed E-state index contributed by atoms with van der Waals surface area (Å²) in [5, 5.41) is 39.7. The number of ether oxygens (including phenoxy) is 2. The van der Waals surface area contributed by atoms with Gasteiger partial charge in [0, 0.05) is 40.3 Å². The number of hydrogen-bond acceptors (Lipinski definition) is 26. The Bertz CT molecular complexity index is 3180. The van der Waals surface area contributed by atoms with E-state index in [-0.39, 0.29) is 98.3 Å². The summed E-state index contributed by atoms with van der Waals surface area (Å²) in [5.41, 5.74) is 18.0. The summed E-state index contributed by atoms with van der Waals surface area (Å²) in [6, 6.07) is 9.03. The monoisotopic (exact) mass is 1140 g/mol. The van der Waals surface area contributed by atoms with Crippen LogP contribution in [0.4, 0.5) is 17.8 Å². The third-order valence-corrected chi connectivity index (χ3v) is 21.5. The Balaban J connectivity index is 0.000000272. The number of nitrogens with zero attached hydrogens (tertiary/aromatic N) is 9. The van der Waals surface area contributed by atoms with Gasteiger partial charge < -0.3 is 35.6 Å². The van der Waals surface area contributed by atoms with Crippen molar-refractivity contribution in [1.82, 2.24) is 58.6 Å². The van der Waals surface area contributed by atoms with Crippen molar-refractivity contribution in [3.63, 3.8) is 0 Å². The molecule has 7 aromatic rings. The molecule has 0 saturated heterocycles. The number of nitrogens with one attached hydrogen (secondary N) is 3. The largest absolute Gasteiger partial charge is 0 e. The van der Waals surface area contributed by atoms with Gasteiger partial charge in [0.2, 0.25) is 11.9 Å². The Morgan fingerprint density at radius 3 is 1.52 bits per heavy atom. The molecule has 1 aromatic carbocycles. The average Bonchev–Trinajstić information content (AvgIpc) is 4.15. The molecule has 0 radical (unpaired) electrons. The van der Waals surface area contributed by atoms with Crippen LogP contribution in [0.25, 0.3) is 33.5 Å². The molecular weight excluding hydrogens is 1080 g/mol. The van der Waals surface area contributed by atoms with Crippen molar-refractivity contribution in [3.8, 4) is 0 Å². The fourth-order valence-corrected chi connectivity index (χ4v) is 11.8. The molecule has 6 aromatic heterocycles. The van der Waals surface area contributed by atoms with Gasteiger partial charge in [-0.25, -0.2) is 9.97 Å². The van der Waals surface area contributed by atoms with E-state index in [1.54, 1.807) is 46.1 Å². The molecular formula is C42H64N15O17P3. The van der Waals surface area contributed by atoms with Gasteiger partial charge in [-0.1, -0.05) is 26.7 Å². The number of benzene rings is 1. The number of fused-ring (bicyclic) bond motifs is 3. The van der Waals surface area contributed by atoms with Crippen molar-refractivity contribution in [1.29, 1.82) is 0 Å². The van der Waals surface area contributed by atoms with Crippen molar-refractivity contribution in [2.45, 2.75) is 78.6 Å². The number of aryl methyl sites for hydroxylation is 3. The van der Waals surface area contributed by atoms with Gasteiger partial charge in [-0.05, 0) is 25.2 Å². The zero-order valence-corrected chi connectivity index (χ0v) is 44.5. The van der Waals surface area contributed by atoms with Crippen LogP contribution in [0.3, 0.4) is 0 Å². The van der Waals surface area contributed by atoms with E-state index in [2.05, 4.69) is 66.2 Å². The van der Waals surface area contributed by atoms with Crippen LogP contribution in [-0.4, -0.2) is 119 Å². The maximum absolute atomic E-state index is 12.0. The van der Waals surface area contributed by atoms with Crippen LogP contribution in [0.15, 0.2) is 63.7 Å². The van der Waals surface area contributed by atoms with Gasteiger partial charge in [-0.3, -0.25) is 19.6 Å². The first-order chi connectivity index (χ1) is 37.0. The second-order valence-electron chi connectivity index (χ2n) is 17.2. The van der Waals surface area contributed by atoms with Gasteiger partial charge in [0.05, 0.1) is 19.3 Å². The van der Waals surface area contributed by atoms with Gasteiger partial charge in [0.1, 0.15) is 0 Å². The molecule has 0 saturated carbocycles. The number of imidazole rings is 3. The molecule has 0 aliphatic heterocycles. The topological polar surface area (TPSA) is 485 Å². The van der Waals surface area contributed by atoms with Gasteiger partial charge in [0.15, 0.2) is 22.3 Å². The van der Waals surface area contributed by atoms with Crippen molar-refractivity contribution >= 4 is 73.4 Å². The van der Waals surface area contributed by atoms with E-state index >= 15 is 0 Å². The molecule has 7 rings (SSSR count). The summed E-state index contributed by atoms with van der Waals surface area (Å²) in [6.07, 6.45) is 9.15. The number of H-pyrrole nitrogens is 3. The predicted molar refractivity (Wildman–Crippen MR) is 277 cm³/mol. The number of hydrogen-bond donors (Lipinski definition) is 10. The molecule has 13 N–H and O–H groups in total. The number of nitrogen functional groups attached to an aromatic ring is 3. The molecule has 0 amide bonds. The van der Waals surface area contributed by atoms with Gasteiger partial charge in [-0.15, -0.1) is 0 Å². The Morgan fingerprint density at radius 1 is 0.675 bits per heavy atom. The van der Waals surface area contributed by atoms with Crippen molar-refractivity contribution in [2.75, 3.05) is 56.8 Å². The number of rotatable bonds is 29. The third kappa shape index (κ3) is 16.0. The number of unbranched alkanes of at least 4 members (excludes halogenated alkanes) is 1. The summed E-state index contributed by atoms with van der Waals surface area (Å²) in [6.45, 7) is -0.120. The number of aromatic amines is 3. The fraction of sp³-hybridized carbons (Fsp3) is 0.500. The minimum absolute atomic E-state index is 0. The van der Waals surface area contributed by atoms with E-state index in [1.165, 1.54) is 10.9 Å². The third-order valence-electron chi connectivity index (χ3n) is 11.7. The summed E-state index contributed by atoms with van der Waals surface area (Å²) in [4.78, 5) is 90.5. The second-order valence-corrected chi connectivity index (χ2v) is 27.3. The van der Waals surface area contributed by atoms with Crippen LogP contribution in [0.5, 0.6) is 0 Å². The first kappa shape index (κ1) is 61.7. The van der Waals surface area contributed by atoms with E-state index in [1.807, 2.05) is 13.0 Å². The van der Waals surface area contributed by atoms with Crippen LogP contribution in [0, 0.1) is 17.8 Å². The van der Waals surface area contributed by atoms with Gasteiger partial charge in [-0.2, -0.15) is 9.97 Å². The number of aliphatic hydroxyl groups is 2. The minimum atomic E-state index is -6.45. The molecule has 5 atom stereocenters. The molecule has 0 spiro atoms. The zero-order valence-electron chi connectivity index (χ0n) is 41.9. The van der Waals surface area contributed by atoms with Crippen LogP contribution in [0.2, 0.25) is 0 Å². The van der Waals surface area contributed by atoms with Crippen molar-refractivity contribution in [2.24, 2.45) is 17.8 Å². The molecule has 35 heteroatoms. The molecule has 0 fully saturated rings. The summed E-state index contributed by atoms with van der Waals surface area (Å²) >= 11 is 0. The SMILES string of the molecule is CCCCOC[C@H](CO)CCn1cnc2c(=O)[nH]c(N)nc21.CC[C@@H](CO)CCn1cnc2c(=O)[nH]c(N)nc21.Nc1nc2c(ncn2CC[C@H](COCc2ccccc2)COP(OO)(OOO)([P+](=O)[O-])[P+](=O)[O-])c(=O)[nH]1.[HH]. The van der Waals surface area contributed by atoms with E-state index in [0.29, 0.717) is 49.5 Å². The number of anilines is 3. The van der Waals surface area contributed by atoms with E-state index in [9.17, 15) is 43.7 Å². The maximum Gasteiger partial charge on any atom is 0 e. The summed E-state index contributed by atoms with van der Waals surface area (Å²) in [7, 11) is -8.64. The maximum atomic E-state index is 12.0. The fourth-order valence-electron chi connectivity index (χ4n) is 7.27. The smallest absolute Gasteiger partial charge is 0 e. The number of aromatic nitrogens is 12. The summed E-state index contributed by atoms with van der Waals surface area (Å²) in [5.74, 6) is -0.438. The molecule has 32 nitrogen and oxygen atoms in total. The Hall–Kier alpha value is -6.18. The average molecular weight is 1140 g/mol. The van der Waals surface area contributed by atoms with Crippen LogP contribution in [-0.2, 0) is 63.8 Å². The van der Waals surface area contributed by atoms with E-state index in [0.717, 1.165) is 31.2 Å². The van der Waals surface area contributed by atoms with Gasteiger partial charge >= 0.3 is 209 Å². The minimum Gasteiger partial charge on any atom is 0 e. The van der Waals surface area contributed by atoms with Crippen LogP contribution < -0.4 is 43.7 Å². The summed E-state index contributed by atoms with van der Waals surface area (Å²) < 4.78 is 52.8.